The number of amides is 1. The van der Waals surface area contributed by atoms with Crippen molar-refractivity contribution in [2.45, 2.75) is 50.9 Å². The van der Waals surface area contributed by atoms with Gasteiger partial charge in [0, 0.05) is 17.8 Å². The molecule has 35 heavy (non-hydrogen) atoms. The standard InChI is InChI=1S/C26H30N4O4S/c1-5-6-7-10-15-35-26-27-24(32)23-19-11-8-9-12-21(19)29(17(2)31)25(30(23)28-26)20-16-18(33-3)13-14-22(20)34-4/h8-9,11-14,16,25H,5-7,10,15H2,1-4H3/p+1/t25-/m0/s1. The van der Waals surface area contributed by atoms with E-state index in [1.807, 2.05) is 30.3 Å². The molecule has 0 saturated carbocycles. The van der Waals surface area contributed by atoms with E-state index in [0.29, 0.717) is 39.2 Å². The number of ether oxygens (including phenoxy) is 2. The second-order valence-electron chi connectivity index (χ2n) is 8.35. The molecule has 1 aromatic heterocycles. The van der Waals surface area contributed by atoms with Crippen molar-refractivity contribution in [1.29, 1.82) is 0 Å². The monoisotopic (exact) mass is 495 g/mol. The fourth-order valence-electron chi connectivity index (χ4n) is 4.40. The van der Waals surface area contributed by atoms with Gasteiger partial charge in [-0.1, -0.05) is 50.1 Å². The van der Waals surface area contributed by atoms with Crippen LogP contribution in [0.1, 0.15) is 51.3 Å². The second-order valence-corrected chi connectivity index (χ2v) is 9.43. The lowest BCUT2D eigenvalue weighted by molar-refractivity contribution is -0.763. The van der Waals surface area contributed by atoms with Crippen LogP contribution in [0.15, 0.2) is 52.4 Å². The van der Waals surface area contributed by atoms with Crippen molar-refractivity contribution in [2.24, 2.45) is 0 Å². The first-order valence-electron chi connectivity index (χ1n) is 11.8. The summed E-state index contributed by atoms with van der Waals surface area (Å²) in [5.41, 5.74) is 2.10. The van der Waals surface area contributed by atoms with Crippen molar-refractivity contribution >= 4 is 23.4 Å². The number of carbonyl (C=O) groups excluding carboxylic acids is 1. The van der Waals surface area contributed by atoms with Gasteiger partial charge in [0.1, 0.15) is 11.5 Å². The SMILES string of the molecule is CCCCCCSc1n[n+]2c(c(=O)[nH]1)-c1ccccc1N(C(C)=O)[C@@H]2c1cc(OC)ccc1OC. The first kappa shape index (κ1) is 24.8. The van der Waals surface area contributed by atoms with Crippen LogP contribution in [0.4, 0.5) is 5.69 Å². The predicted octanol–water partition coefficient (Wildman–Crippen LogP) is 4.33. The number of benzene rings is 2. The molecular weight excluding hydrogens is 464 g/mol. The van der Waals surface area contributed by atoms with Crippen LogP contribution >= 0.6 is 11.8 Å². The molecule has 1 aliphatic heterocycles. The summed E-state index contributed by atoms with van der Waals surface area (Å²) in [5.74, 6) is 1.85. The number of thioether (sulfide) groups is 1. The molecule has 2 aromatic carbocycles. The van der Waals surface area contributed by atoms with E-state index in [4.69, 9.17) is 14.6 Å². The van der Waals surface area contributed by atoms with Crippen LogP contribution in [-0.4, -0.2) is 36.0 Å². The van der Waals surface area contributed by atoms with Crippen LogP contribution in [0.3, 0.4) is 0 Å². The topological polar surface area (TPSA) is 88.4 Å². The number of unbranched alkanes of at least 4 members (excludes halogenated alkanes) is 3. The molecule has 0 saturated heterocycles. The summed E-state index contributed by atoms with van der Waals surface area (Å²) < 4.78 is 12.8. The van der Waals surface area contributed by atoms with Crippen LogP contribution in [0, 0.1) is 0 Å². The minimum Gasteiger partial charge on any atom is -0.497 e. The van der Waals surface area contributed by atoms with Crippen LogP contribution < -0.4 is 24.6 Å². The zero-order valence-electron chi connectivity index (χ0n) is 20.5. The van der Waals surface area contributed by atoms with Crippen molar-refractivity contribution in [1.82, 2.24) is 10.1 Å². The molecule has 8 nitrogen and oxygen atoms in total. The number of hydrogen-bond acceptors (Lipinski definition) is 6. The number of nitrogens with one attached hydrogen (secondary N) is 1. The molecule has 0 fully saturated rings. The number of aromatic amines is 1. The minimum atomic E-state index is -0.732. The summed E-state index contributed by atoms with van der Waals surface area (Å²) in [6.07, 6.45) is 3.80. The average Bonchev–Trinajstić information content (AvgIpc) is 2.87. The number of methoxy groups -OCH3 is 2. The molecule has 9 heteroatoms. The highest BCUT2D eigenvalue weighted by molar-refractivity contribution is 7.99. The number of para-hydroxylation sites is 1. The van der Waals surface area contributed by atoms with Crippen LogP contribution in [0.25, 0.3) is 11.3 Å². The molecule has 0 unspecified atom stereocenters. The zero-order valence-corrected chi connectivity index (χ0v) is 21.4. The van der Waals surface area contributed by atoms with Gasteiger partial charge < -0.3 is 9.47 Å². The fraction of sp³-hybridized carbons (Fsp3) is 0.385. The van der Waals surface area contributed by atoms with E-state index in [9.17, 15) is 9.59 Å². The number of rotatable bonds is 9. The first-order valence-corrected chi connectivity index (χ1v) is 12.8. The van der Waals surface area contributed by atoms with Gasteiger partial charge in [0.05, 0.1) is 31.0 Å². The Hall–Kier alpha value is -3.33. The van der Waals surface area contributed by atoms with Crippen molar-refractivity contribution in [3.8, 4) is 22.8 Å². The molecule has 1 atom stereocenters. The Morgan fingerprint density at radius 2 is 1.94 bits per heavy atom. The summed E-state index contributed by atoms with van der Waals surface area (Å²) in [7, 11) is 3.16. The number of H-pyrrole nitrogens is 1. The van der Waals surface area contributed by atoms with Gasteiger partial charge in [-0.2, -0.15) is 0 Å². The highest BCUT2D eigenvalue weighted by Crippen LogP contribution is 2.40. The average molecular weight is 496 g/mol. The van der Waals surface area contributed by atoms with Gasteiger partial charge in [-0.25, -0.2) is 4.90 Å². The maximum atomic E-state index is 13.4. The number of carbonyl (C=O) groups is 1. The normalized spacial score (nSPS) is 14.3. The molecule has 1 aliphatic rings. The summed E-state index contributed by atoms with van der Waals surface area (Å²) >= 11 is 1.52. The Bertz CT molecular complexity index is 1280. The Labute approximate surface area is 209 Å². The van der Waals surface area contributed by atoms with Gasteiger partial charge in [-0.15, -0.1) is 0 Å². The number of anilines is 1. The lowest BCUT2D eigenvalue weighted by atomic mass is 10.0. The minimum absolute atomic E-state index is 0.179. The third-order valence-corrected chi connectivity index (χ3v) is 7.00. The summed E-state index contributed by atoms with van der Waals surface area (Å²) in [5, 5.41) is 5.36. The Balaban J connectivity index is 1.91. The zero-order chi connectivity index (χ0) is 24.9. The maximum Gasteiger partial charge on any atom is 0.325 e. The Kier molecular flexibility index (Phi) is 7.75. The molecule has 0 bridgehead atoms. The van der Waals surface area contributed by atoms with Gasteiger partial charge in [-0.3, -0.25) is 14.6 Å². The molecule has 2 heterocycles. The predicted molar refractivity (Wildman–Crippen MR) is 136 cm³/mol. The van der Waals surface area contributed by atoms with E-state index in [-0.39, 0.29) is 11.5 Å². The third kappa shape index (κ3) is 4.91. The van der Waals surface area contributed by atoms with Gasteiger partial charge >= 0.3 is 11.3 Å². The second kappa shape index (κ2) is 10.9. The van der Waals surface area contributed by atoms with Gasteiger partial charge in [0.25, 0.3) is 6.17 Å². The molecule has 3 aromatic rings. The molecule has 1 N–H and O–H groups in total. The highest BCUT2D eigenvalue weighted by Gasteiger charge is 2.46. The van der Waals surface area contributed by atoms with E-state index in [2.05, 4.69) is 11.9 Å². The van der Waals surface area contributed by atoms with Crippen molar-refractivity contribution in [3.63, 3.8) is 0 Å². The van der Waals surface area contributed by atoms with Gasteiger partial charge in [0.15, 0.2) is 0 Å². The Morgan fingerprint density at radius 3 is 2.66 bits per heavy atom. The number of hydrogen-bond donors (Lipinski definition) is 1. The van der Waals surface area contributed by atoms with Crippen molar-refractivity contribution < 1.29 is 19.0 Å². The number of aromatic nitrogens is 3. The molecular formula is C26H31N4O4S+. The molecule has 184 valence electrons. The fourth-order valence-corrected chi connectivity index (χ4v) is 5.25. The summed E-state index contributed by atoms with van der Waals surface area (Å²) in [6, 6.07) is 12.8. The van der Waals surface area contributed by atoms with Gasteiger partial charge in [-0.05, 0) is 41.4 Å². The Morgan fingerprint density at radius 1 is 1.14 bits per heavy atom. The van der Waals surface area contributed by atoms with E-state index in [1.165, 1.54) is 31.5 Å². The van der Waals surface area contributed by atoms with E-state index in [0.717, 1.165) is 18.6 Å². The highest BCUT2D eigenvalue weighted by atomic mass is 32.2. The van der Waals surface area contributed by atoms with Crippen molar-refractivity contribution in [2.75, 3.05) is 24.9 Å². The number of fused-ring (bicyclic) bond motifs is 3. The molecule has 0 radical (unpaired) electrons. The van der Waals surface area contributed by atoms with Crippen molar-refractivity contribution in [3.05, 3.63) is 58.4 Å². The lowest BCUT2D eigenvalue weighted by Gasteiger charge is -2.32. The quantitative estimate of drug-likeness (QED) is 0.270. The van der Waals surface area contributed by atoms with Crippen LogP contribution in [0.2, 0.25) is 0 Å². The van der Waals surface area contributed by atoms with Crippen LogP contribution in [-0.2, 0) is 4.79 Å². The lowest BCUT2D eigenvalue weighted by Crippen LogP contribution is -2.60. The molecule has 0 spiro atoms. The van der Waals surface area contributed by atoms with Crippen LogP contribution in [0.5, 0.6) is 11.5 Å². The van der Waals surface area contributed by atoms with E-state index in [1.54, 1.807) is 35.9 Å². The smallest absolute Gasteiger partial charge is 0.325 e. The summed E-state index contributed by atoms with van der Waals surface area (Å²) in [6.45, 7) is 3.69. The molecule has 1 amide bonds. The molecule has 0 aliphatic carbocycles. The first-order chi connectivity index (χ1) is 17.0. The van der Waals surface area contributed by atoms with E-state index < -0.39 is 6.17 Å². The third-order valence-electron chi connectivity index (χ3n) is 6.05. The van der Waals surface area contributed by atoms with Gasteiger partial charge in [0.2, 0.25) is 11.1 Å². The maximum absolute atomic E-state index is 13.4. The molecule has 4 rings (SSSR count). The van der Waals surface area contributed by atoms with E-state index >= 15 is 0 Å². The largest absolute Gasteiger partial charge is 0.497 e. The number of nitrogens with zero attached hydrogens (tertiary/aromatic N) is 3. The summed E-state index contributed by atoms with van der Waals surface area (Å²) in [4.78, 5) is 31.1.